The molecule has 2 aromatic rings. The minimum absolute atomic E-state index is 0.00991. The Morgan fingerprint density at radius 1 is 1.24 bits per heavy atom. The van der Waals surface area contributed by atoms with Crippen molar-refractivity contribution in [3.05, 3.63) is 51.9 Å². The molecule has 0 spiro atoms. The first-order valence-corrected chi connectivity index (χ1v) is 7.43. The SMILES string of the molecule is CCNC(Cc1c(Cl)cccc1Cl)c1cc(OC)ncn1. The van der Waals surface area contributed by atoms with E-state index in [1.165, 1.54) is 6.33 Å². The second kappa shape index (κ2) is 7.59. The highest BCUT2D eigenvalue weighted by molar-refractivity contribution is 6.36. The van der Waals surface area contributed by atoms with Crippen molar-refractivity contribution >= 4 is 23.2 Å². The number of aromatic nitrogens is 2. The van der Waals surface area contributed by atoms with Crippen LogP contribution in [0.25, 0.3) is 0 Å². The zero-order chi connectivity index (χ0) is 15.2. The van der Waals surface area contributed by atoms with Crippen LogP contribution in [0.2, 0.25) is 10.0 Å². The third kappa shape index (κ3) is 4.06. The lowest BCUT2D eigenvalue weighted by Gasteiger charge is -2.19. The molecule has 1 aromatic carbocycles. The number of hydrogen-bond acceptors (Lipinski definition) is 4. The molecule has 2 rings (SSSR count). The van der Waals surface area contributed by atoms with Crippen LogP contribution in [0.1, 0.15) is 24.2 Å². The zero-order valence-electron chi connectivity index (χ0n) is 11.9. The van der Waals surface area contributed by atoms with Crippen molar-refractivity contribution in [3.63, 3.8) is 0 Å². The number of nitrogens with zero attached hydrogens (tertiary/aromatic N) is 2. The van der Waals surface area contributed by atoms with Gasteiger partial charge in [0.05, 0.1) is 18.8 Å². The molecule has 1 heterocycles. The van der Waals surface area contributed by atoms with Crippen molar-refractivity contribution in [1.82, 2.24) is 15.3 Å². The Morgan fingerprint density at radius 3 is 2.57 bits per heavy atom. The molecule has 0 fully saturated rings. The van der Waals surface area contributed by atoms with Gasteiger partial charge in [-0.05, 0) is 30.7 Å². The summed E-state index contributed by atoms with van der Waals surface area (Å²) < 4.78 is 5.15. The number of benzene rings is 1. The minimum atomic E-state index is -0.00991. The molecule has 0 saturated heterocycles. The van der Waals surface area contributed by atoms with Gasteiger partial charge in [-0.15, -0.1) is 0 Å². The third-order valence-electron chi connectivity index (χ3n) is 3.15. The normalized spacial score (nSPS) is 12.2. The van der Waals surface area contributed by atoms with E-state index in [0.717, 1.165) is 17.8 Å². The predicted molar refractivity (Wildman–Crippen MR) is 85.2 cm³/mol. The number of halogens is 2. The number of likely N-dealkylation sites (N-methyl/N-ethyl adjacent to an activating group) is 1. The zero-order valence-corrected chi connectivity index (χ0v) is 13.4. The maximum absolute atomic E-state index is 6.25. The highest BCUT2D eigenvalue weighted by Crippen LogP contribution is 2.29. The van der Waals surface area contributed by atoms with Crippen molar-refractivity contribution in [2.45, 2.75) is 19.4 Å². The summed E-state index contributed by atoms with van der Waals surface area (Å²) in [5.41, 5.74) is 1.75. The summed E-state index contributed by atoms with van der Waals surface area (Å²) in [5.74, 6) is 0.535. The van der Waals surface area contributed by atoms with Crippen molar-refractivity contribution < 1.29 is 4.74 Å². The van der Waals surface area contributed by atoms with E-state index in [-0.39, 0.29) is 6.04 Å². The van der Waals surface area contributed by atoms with Crippen LogP contribution in [0.15, 0.2) is 30.6 Å². The van der Waals surface area contributed by atoms with Crippen LogP contribution in [0, 0.1) is 0 Å². The van der Waals surface area contributed by atoms with Crippen molar-refractivity contribution in [2.75, 3.05) is 13.7 Å². The van der Waals surface area contributed by atoms with Gasteiger partial charge in [-0.25, -0.2) is 9.97 Å². The van der Waals surface area contributed by atoms with Crippen LogP contribution >= 0.6 is 23.2 Å². The van der Waals surface area contributed by atoms with Crippen LogP contribution < -0.4 is 10.1 Å². The summed E-state index contributed by atoms with van der Waals surface area (Å²) in [6, 6.07) is 7.32. The second-order valence-electron chi connectivity index (χ2n) is 4.50. The van der Waals surface area contributed by atoms with Crippen LogP contribution in [-0.2, 0) is 6.42 Å². The van der Waals surface area contributed by atoms with Crippen LogP contribution in [0.3, 0.4) is 0 Å². The molecule has 0 aliphatic heterocycles. The van der Waals surface area contributed by atoms with Gasteiger partial charge in [0.1, 0.15) is 6.33 Å². The molecule has 0 aliphatic carbocycles. The first-order chi connectivity index (χ1) is 10.2. The lowest BCUT2D eigenvalue weighted by molar-refractivity contribution is 0.393. The van der Waals surface area contributed by atoms with E-state index in [4.69, 9.17) is 27.9 Å². The molecule has 0 bridgehead atoms. The van der Waals surface area contributed by atoms with Gasteiger partial charge >= 0.3 is 0 Å². The molecule has 0 aliphatic rings. The van der Waals surface area contributed by atoms with Crippen LogP contribution in [0.4, 0.5) is 0 Å². The van der Waals surface area contributed by atoms with Gasteiger partial charge in [-0.2, -0.15) is 0 Å². The van der Waals surface area contributed by atoms with Crippen molar-refractivity contribution in [1.29, 1.82) is 0 Å². The average Bonchev–Trinajstić information content (AvgIpc) is 2.50. The van der Waals surface area contributed by atoms with Gasteiger partial charge in [-0.3, -0.25) is 0 Å². The van der Waals surface area contributed by atoms with Gasteiger partial charge in [-0.1, -0.05) is 36.2 Å². The van der Waals surface area contributed by atoms with Gasteiger partial charge in [0, 0.05) is 16.1 Å². The monoisotopic (exact) mass is 325 g/mol. The Hall–Kier alpha value is -1.36. The van der Waals surface area contributed by atoms with Gasteiger partial charge < -0.3 is 10.1 Å². The molecule has 0 amide bonds. The number of ether oxygens (including phenoxy) is 1. The fourth-order valence-corrected chi connectivity index (χ4v) is 2.67. The van der Waals surface area contributed by atoms with Gasteiger partial charge in [0.15, 0.2) is 0 Å². The predicted octanol–water partition coefficient (Wildman–Crippen LogP) is 3.69. The molecule has 0 radical (unpaired) electrons. The van der Waals surface area contributed by atoms with Crippen LogP contribution in [-0.4, -0.2) is 23.6 Å². The fraction of sp³-hybridized carbons (Fsp3) is 0.333. The first-order valence-electron chi connectivity index (χ1n) is 6.68. The molecule has 6 heteroatoms. The molecular formula is C15H17Cl2N3O. The number of hydrogen-bond donors (Lipinski definition) is 1. The number of rotatable bonds is 6. The third-order valence-corrected chi connectivity index (χ3v) is 3.86. The standard InChI is InChI=1S/C15H17Cl2N3O/c1-3-18-13(14-8-15(21-2)20-9-19-14)7-10-11(16)5-4-6-12(10)17/h4-6,8-9,13,18H,3,7H2,1-2H3. The Bertz CT molecular complexity index is 587. The summed E-state index contributed by atoms with van der Waals surface area (Å²) in [4.78, 5) is 8.35. The fourth-order valence-electron chi connectivity index (χ4n) is 2.11. The van der Waals surface area contributed by atoms with Crippen LogP contribution in [0.5, 0.6) is 5.88 Å². The summed E-state index contributed by atoms with van der Waals surface area (Å²) >= 11 is 12.5. The van der Waals surface area contributed by atoms with Crippen molar-refractivity contribution in [3.8, 4) is 5.88 Å². The molecule has 0 saturated carbocycles. The number of methoxy groups -OCH3 is 1. The molecule has 1 N–H and O–H groups in total. The Balaban J connectivity index is 2.30. The summed E-state index contributed by atoms with van der Waals surface area (Å²) in [6.07, 6.45) is 2.14. The average molecular weight is 326 g/mol. The molecule has 21 heavy (non-hydrogen) atoms. The summed E-state index contributed by atoms with van der Waals surface area (Å²) in [7, 11) is 1.58. The Kier molecular flexibility index (Phi) is 5.79. The topological polar surface area (TPSA) is 47.0 Å². The summed E-state index contributed by atoms with van der Waals surface area (Å²) in [6.45, 7) is 2.85. The molecule has 1 unspecified atom stereocenters. The van der Waals surface area contributed by atoms with E-state index in [0.29, 0.717) is 22.3 Å². The van der Waals surface area contributed by atoms with E-state index < -0.39 is 0 Å². The smallest absolute Gasteiger partial charge is 0.216 e. The highest BCUT2D eigenvalue weighted by Gasteiger charge is 2.17. The van der Waals surface area contributed by atoms with E-state index >= 15 is 0 Å². The molecule has 112 valence electrons. The highest BCUT2D eigenvalue weighted by atomic mass is 35.5. The van der Waals surface area contributed by atoms with Gasteiger partial charge in [0.25, 0.3) is 0 Å². The van der Waals surface area contributed by atoms with Gasteiger partial charge in [0.2, 0.25) is 5.88 Å². The lowest BCUT2D eigenvalue weighted by Crippen LogP contribution is -2.24. The van der Waals surface area contributed by atoms with E-state index in [1.807, 2.05) is 31.2 Å². The first kappa shape index (κ1) is 16.0. The molecular weight excluding hydrogens is 309 g/mol. The van der Waals surface area contributed by atoms with Crippen molar-refractivity contribution in [2.24, 2.45) is 0 Å². The molecule has 1 aromatic heterocycles. The molecule has 1 atom stereocenters. The maximum Gasteiger partial charge on any atom is 0.216 e. The second-order valence-corrected chi connectivity index (χ2v) is 5.31. The quantitative estimate of drug-likeness (QED) is 0.879. The number of nitrogens with one attached hydrogen (secondary N) is 1. The molecule has 4 nitrogen and oxygen atoms in total. The lowest BCUT2D eigenvalue weighted by atomic mass is 10.0. The van der Waals surface area contributed by atoms with E-state index in [2.05, 4.69) is 15.3 Å². The van der Waals surface area contributed by atoms with E-state index in [9.17, 15) is 0 Å². The Labute approximate surface area is 134 Å². The maximum atomic E-state index is 6.25. The van der Waals surface area contributed by atoms with E-state index in [1.54, 1.807) is 7.11 Å². The Morgan fingerprint density at radius 2 is 1.95 bits per heavy atom. The minimum Gasteiger partial charge on any atom is -0.481 e. The summed E-state index contributed by atoms with van der Waals surface area (Å²) in [5, 5.41) is 4.71. The largest absolute Gasteiger partial charge is 0.481 e.